The van der Waals surface area contributed by atoms with E-state index in [1.807, 2.05) is 18.2 Å². The summed E-state index contributed by atoms with van der Waals surface area (Å²) < 4.78 is 13.1. The number of amides is 1. The first-order valence-corrected chi connectivity index (χ1v) is 8.69. The lowest BCUT2D eigenvalue weighted by atomic mass is 10.0. The molecule has 1 amide bonds. The molecule has 0 aliphatic heterocycles. The lowest BCUT2D eigenvalue weighted by molar-refractivity contribution is 0.0952. The number of rotatable bonds is 7. The number of H-pyrrole nitrogens is 1. The number of halogens is 1. The number of hydrogen-bond acceptors (Lipinski definition) is 3. The third-order valence-corrected chi connectivity index (χ3v) is 4.41. The normalized spacial score (nSPS) is 12.3. The van der Waals surface area contributed by atoms with Crippen molar-refractivity contribution in [2.45, 2.75) is 18.9 Å². The summed E-state index contributed by atoms with van der Waals surface area (Å²) >= 11 is 0. The Balaban J connectivity index is 1.74. The predicted molar refractivity (Wildman–Crippen MR) is 102 cm³/mol. The number of aromatic amines is 1. The minimum Gasteiger partial charge on any atom is -0.360 e. The van der Waals surface area contributed by atoms with Crippen LogP contribution in [0.3, 0.4) is 0 Å². The summed E-state index contributed by atoms with van der Waals surface area (Å²) in [5.41, 5.74) is 14.7. The SMILES string of the molecule is NCCC[C@@H](N)CNC(=O)c1c[nH]c2cc(-c3ccc(F)cc3)ccc12. The zero-order valence-corrected chi connectivity index (χ0v) is 14.5. The maximum atomic E-state index is 13.1. The van der Waals surface area contributed by atoms with E-state index in [-0.39, 0.29) is 17.8 Å². The van der Waals surface area contributed by atoms with Crippen LogP contribution >= 0.6 is 0 Å². The van der Waals surface area contributed by atoms with Crippen molar-refractivity contribution in [3.8, 4) is 11.1 Å². The molecule has 0 bridgehead atoms. The van der Waals surface area contributed by atoms with E-state index < -0.39 is 0 Å². The highest BCUT2D eigenvalue weighted by Crippen LogP contribution is 2.26. The fourth-order valence-electron chi connectivity index (χ4n) is 2.94. The van der Waals surface area contributed by atoms with Crippen LogP contribution in [-0.4, -0.2) is 30.0 Å². The molecule has 0 radical (unpaired) electrons. The average molecular weight is 354 g/mol. The van der Waals surface area contributed by atoms with Crippen LogP contribution in [0.15, 0.2) is 48.7 Å². The number of aromatic nitrogens is 1. The molecule has 136 valence electrons. The van der Waals surface area contributed by atoms with Crippen LogP contribution in [0.25, 0.3) is 22.0 Å². The van der Waals surface area contributed by atoms with Crippen molar-refractivity contribution in [2.24, 2.45) is 11.5 Å². The summed E-state index contributed by atoms with van der Waals surface area (Å²) in [6, 6.07) is 12.0. The first-order valence-electron chi connectivity index (χ1n) is 8.69. The van der Waals surface area contributed by atoms with Crippen molar-refractivity contribution in [1.29, 1.82) is 0 Å². The van der Waals surface area contributed by atoms with Crippen LogP contribution in [0.4, 0.5) is 4.39 Å². The number of carbonyl (C=O) groups excluding carboxylic acids is 1. The van der Waals surface area contributed by atoms with Crippen LogP contribution in [0.5, 0.6) is 0 Å². The molecule has 0 saturated heterocycles. The number of benzene rings is 2. The van der Waals surface area contributed by atoms with E-state index in [0.29, 0.717) is 18.7 Å². The monoisotopic (exact) mass is 354 g/mol. The predicted octanol–water partition coefficient (Wildman–Crippen LogP) is 2.77. The van der Waals surface area contributed by atoms with Gasteiger partial charge in [0, 0.05) is 29.7 Å². The average Bonchev–Trinajstić information content (AvgIpc) is 3.08. The highest BCUT2D eigenvalue weighted by Gasteiger charge is 2.13. The molecule has 0 fully saturated rings. The number of nitrogens with two attached hydrogens (primary N) is 2. The number of hydrogen-bond donors (Lipinski definition) is 4. The Bertz CT molecular complexity index is 888. The van der Waals surface area contributed by atoms with E-state index in [4.69, 9.17) is 11.5 Å². The molecule has 1 heterocycles. The highest BCUT2D eigenvalue weighted by molar-refractivity contribution is 6.07. The Morgan fingerprint density at radius 3 is 2.62 bits per heavy atom. The van der Waals surface area contributed by atoms with E-state index >= 15 is 0 Å². The maximum Gasteiger partial charge on any atom is 0.253 e. The Morgan fingerprint density at radius 2 is 1.88 bits per heavy atom. The van der Waals surface area contributed by atoms with E-state index in [2.05, 4.69) is 10.3 Å². The van der Waals surface area contributed by atoms with Crippen molar-refractivity contribution in [2.75, 3.05) is 13.1 Å². The minimum absolute atomic E-state index is 0.0993. The number of fused-ring (bicyclic) bond motifs is 1. The lowest BCUT2D eigenvalue weighted by Crippen LogP contribution is -2.37. The second-order valence-electron chi connectivity index (χ2n) is 6.37. The molecule has 0 aliphatic rings. The summed E-state index contributed by atoms with van der Waals surface area (Å²) in [7, 11) is 0. The lowest BCUT2D eigenvalue weighted by Gasteiger charge is -2.11. The Labute approximate surface area is 151 Å². The van der Waals surface area contributed by atoms with Gasteiger partial charge in [-0.25, -0.2) is 4.39 Å². The largest absolute Gasteiger partial charge is 0.360 e. The van der Waals surface area contributed by atoms with Gasteiger partial charge >= 0.3 is 0 Å². The summed E-state index contributed by atoms with van der Waals surface area (Å²) in [5, 5.41) is 3.71. The van der Waals surface area contributed by atoms with Crippen LogP contribution in [0.2, 0.25) is 0 Å². The third-order valence-electron chi connectivity index (χ3n) is 4.41. The van der Waals surface area contributed by atoms with Crippen molar-refractivity contribution >= 4 is 16.8 Å². The van der Waals surface area contributed by atoms with Crippen LogP contribution in [0, 0.1) is 5.82 Å². The van der Waals surface area contributed by atoms with Gasteiger partial charge in [0.1, 0.15) is 5.82 Å². The Hall–Kier alpha value is -2.70. The molecule has 3 rings (SSSR count). The Kier molecular flexibility index (Phi) is 5.65. The fourth-order valence-corrected chi connectivity index (χ4v) is 2.94. The van der Waals surface area contributed by atoms with Gasteiger partial charge in [0.25, 0.3) is 5.91 Å². The van der Waals surface area contributed by atoms with Gasteiger partial charge in [-0.2, -0.15) is 0 Å². The van der Waals surface area contributed by atoms with Crippen LogP contribution in [0.1, 0.15) is 23.2 Å². The first kappa shape index (κ1) is 18.1. The second kappa shape index (κ2) is 8.12. The topological polar surface area (TPSA) is 96.9 Å². The van der Waals surface area contributed by atoms with E-state index in [0.717, 1.165) is 34.9 Å². The molecular weight excluding hydrogens is 331 g/mol. The second-order valence-corrected chi connectivity index (χ2v) is 6.37. The number of nitrogens with one attached hydrogen (secondary N) is 2. The van der Waals surface area contributed by atoms with Crippen molar-refractivity contribution < 1.29 is 9.18 Å². The summed E-state index contributed by atoms with van der Waals surface area (Å²) in [5.74, 6) is -0.424. The van der Waals surface area contributed by atoms with Gasteiger partial charge in [-0.3, -0.25) is 4.79 Å². The Morgan fingerprint density at radius 1 is 1.15 bits per heavy atom. The zero-order valence-electron chi connectivity index (χ0n) is 14.5. The summed E-state index contributed by atoms with van der Waals surface area (Å²) in [4.78, 5) is 15.6. The maximum absolute atomic E-state index is 13.1. The molecular formula is C20H23FN4O. The molecule has 3 aromatic rings. The standard InChI is InChI=1S/C20H23FN4O/c21-15-6-3-13(4-7-15)14-5-8-17-18(12-24-19(17)10-14)20(26)25-11-16(23)2-1-9-22/h3-8,10,12,16,24H,1-2,9,11,22-23H2,(H,25,26)/t16-/m1/s1. The van der Waals surface area contributed by atoms with Gasteiger partial charge in [0.05, 0.1) is 5.56 Å². The highest BCUT2D eigenvalue weighted by atomic mass is 19.1. The molecule has 2 aromatic carbocycles. The van der Waals surface area contributed by atoms with Crippen LogP contribution in [-0.2, 0) is 0 Å². The molecule has 1 aromatic heterocycles. The molecule has 26 heavy (non-hydrogen) atoms. The van der Waals surface area contributed by atoms with Gasteiger partial charge in [-0.05, 0) is 48.7 Å². The van der Waals surface area contributed by atoms with E-state index in [1.54, 1.807) is 18.3 Å². The number of carbonyl (C=O) groups is 1. The van der Waals surface area contributed by atoms with Crippen molar-refractivity contribution in [3.05, 3.63) is 60.0 Å². The van der Waals surface area contributed by atoms with Gasteiger partial charge in [-0.1, -0.05) is 24.3 Å². The molecule has 6 N–H and O–H groups in total. The first-order chi connectivity index (χ1) is 12.6. The third kappa shape index (κ3) is 4.09. The van der Waals surface area contributed by atoms with E-state index in [9.17, 15) is 9.18 Å². The van der Waals surface area contributed by atoms with Gasteiger partial charge < -0.3 is 21.8 Å². The van der Waals surface area contributed by atoms with E-state index in [1.165, 1.54) is 12.1 Å². The molecule has 0 spiro atoms. The molecule has 0 saturated carbocycles. The fraction of sp³-hybridized carbons (Fsp3) is 0.250. The molecule has 6 heteroatoms. The van der Waals surface area contributed by atoms with Gasteiger partial charge in [0.2, 0.25) is 0 Å². The minimum atomic E-state index is -0.265. The summed E-state index contributed by atoms with van der Waals surface area (Å²) in [6.07, 6.45) is 3.32. The molecule has 0 aliphatic carbocycles. The van der Waals surface area contributed by atoms with Crippen molar-refractivity contribution in [1.82, 2.24) is 10.3 Å². The molecule has 1 atom stereocenters. The van der Waals surface area contributed by atoms with Crippen LogP contribution < -0.4 is 16.8 Å². The zero-order chi connectivity index (χ0) is 18.5. The molecule has 5 nitrogen and oxygen atoms in total. The smallest absolute Gasteiger partial charge is 0.253 e. The van der Waals surface area contributed by atoms with Gasteiger partial charge in [-0.15, -0.1) is 0 Å². The van der Waals surface area contributed by atoms with Gasteiger partial charge in [0.15, 0.2) is 0 Å². The molecule has 0 unspecified atom stereocenters. The summed E-state index contributed by atoms with van der Waals surface area (Å²) in [6.45, 7) is 1.01. The van der Waals surface area contributed by atoms with Crippen molar-refractivity contribution in [3.63, 3.8) is 0 Å². The quantitative estimate of drug-likeness (QED) is 0.525.